The van der Waals surface area contributed by atoms with Crippen molar-refractivity contribution in [1.29, 1.82) is 0 Å². The first-order valence-corrected chi connectivity index (χ1v) is 5.36. The van der Waals surface area contributed by atoms with Crippen LogP contribution >= 0.6 is 0 Å². The Balaban J connectivity index is 2.21. The zero-order valence-electron chi connectivity index (χ0n) is 9.50. The number of aryl methyl sites for hydroxylation is 1. The maximum atomic E-state index is 9.06. The van der Waals surface area contributed by atoms with E-state index in [0.717, 1.165) is 11.3 Å². The second-order valence-electron chi connectivity index (χ2n) is 3.86. The smallest absolute Gasteiger partial charge is 0.457 e. The molecule has 0 amide bonds. The van der Waals surface area contributed by atoms with Gasteiger partial charge in [-0.15, -0.1) is 0 Å². The van der Waals surface area contributed by atoms with Crippen molar-refractivity contribution in [1.82, 2.24) is 0 Å². The Kier molecular flexibility index (Phi) is 3.47. The third kappa shape index (κ3) is 3.09. The first kappa shape index (κ1) is 11.7. The molecule has 0 heterocycles. The molecule has 2 rings (SSSR count). The maximum Gasteiger partial charge on any atom is 0.488 e. The van der Waals surface area contributed by atoms with Gasteiger partial charge >= 0.3 is 7.12 Å². The summed E-state index contributed by atoms with van der Waals surface area (Å²) in [6.07, 6.45) is 0. The molecule has 0 aliphatic heterocycles. The molecule has 0 atom stereocenters. The van der Waals surface area contributed by atoms with Crippen LogP contribution in [0.15, 0.2) is 48.5 Å². The van der Waals surface area contributed by atoms with Crippen LogP contribution in [0.2, 0.25) is 0 Å². The van der Waals surface area contributed by atoms with Gasteiger partial charge in [-0.1, -0.05) is 24.3 Å². The van der Waals surface area contributed by atoms with E-state index in [1.807, 2.05) is 31.2 Å². The molecule has 4 heteroatoms. The predicted molar refractivity (Wildman–Crippen MR) is 67.5 cm³/mol. The van der Waals surface area contributed by atoms with Crippen LogP contribution in [0.3, 0.4) is 0 Å². The lowest BCUT2D eigenvalue weighted by Gasteiger charge is -2.07. The largest absolute Gasteiger partial charge is 0.488 e. The van der Waals surface area contributed by atoms with Crippen molar-refractivity contribution in [3.05, 3.63) is 54.1 Å². The summed E-state index contributed by atoms with van der Waals surface area (Å²) in [5.74, 6) is 1.32. The fourth-order valence-electron chi connectivity index (χ4n) is 1.55. The second kappa shape index (κ2) is 5.04. The summed E-state index contributed by atoms with van der Waals surface area (Å²) in [7, 11) is -1.48. The molecule has 0 aromatic heterocycles. The van der Waals surface area contributed by atoms with E-state index in [1.165, 1.54) is 0 Å². The molecule has 2 aromatic carbocycles. The standard InChI is InChI=1S/C13H13BO3/c1-10-4-2-6-12(8-10)17-13-7-3-5-11(9-13)14(15)16/h2-9,15-16H,1H3. The van der Waals surface area contributed by atoms with Gasteiger partial charge in [0.05, 0.1) is 0 Å². The van der Waals surface area contributed by atoms with Crippen molar-refractivity contribution in [3.63, 3.8) is 0 Å². The third-order valence-electron chi connectivity index (χ3n) is 2.38. The van der Waals surface area contributed by atoms with Gasteiger partial charge in [0, 0.05) is 0 Å². The summed E-state index contributed by atoms with van der Waals surface area (Å²) in [5.41, 5.74) is 1.52. The zero-order valence-corrected chi connectivity index (χ0v) is 9.50. The molecule has 0 saturated carbocycles. The number of benzene rings is 2. The Morgan fingerprint density at radius 1 is 0.941 bits per heavy atom. The Morgan fingerprint density at radius 2 is 1.59 bits per heavy atom. The van der Waals surface area contributed by atoms with E-state index in [1.54, 1.807) is 24.3 Å². The molecule has 17 heavy (non-hydrogen) atoms. The molecular formula is C13H13BO3. The maximum absolute atomic E-state index is 9.06. The molecule has 2 aromatic rings. The Bertz CT molecular complexity index is 512. The van der Waals surface area contributed by atoms with Crippen LogP contribution in [0.4, 0.5) is 0 Å². The Labute approximate surface area is 100 Å². The first-order chi connectivity index (χ1) is 8.15. The van der Waals surface area contributed by atoms with Crippen LogP contribution in [-0.4, -0.2) is 17.2 Å². The van der Waals surface area contributed by atoms with E-state index >= 15 is 0 Å². The SMILES string of the molecule is Cc1cccc(Oc2cccc(B(O)O)c2)c1. The van der Waals surface area contributed by atoms with Crippen molar-refractivity contribution in [2.24, 2.45) is 0 Å². The molecule has 0 saturated heterocycles. The van der Waals surface area contributed by atoms with Crippen molar-refractivity contribution in [3.8, 4) is 11.5 Å². The van der Waals surface area contributed by atoms with E-state index in [0.29, 0.717) is 11.2 Å². The molecule has 86 valence electrons. The lowest BCUT2D eigenvalue weighted by Crippen LogP contribution is -2.29. The van der Waals surface area contributed by atoms with E-state index < -0.39 is 7.12 Å². The minimum atomic E-state index is -1.48. The Morgan fingerprint density at radius 3 is 2.24 bits per heavy atom. The van der Waals surface area contributed by atoms with Gasteiger partial charge in [0.15, 0.2) is 0 Å². The molecule has 0 radical (unpaired) electrons. The van der Waals surface area contributed by atoms with Gasteiger partial charge < -0.3 is 14.8 Å². The first-order valence-electron chi connectivity index (χ1n) is 5.36. The molecule has 0 aliphatic carbocycles. The summed E-state index contributed by atoms with van der Waals surface area (Å²) in [6, 6.07) is 14.4. The van der Waals surface area contributed by atoms with Gasteiger partial charge in [0.2, 0.25) is 0 Å². The fraction of sp³-hybridized carbons (Fsp3) is 0.0769. The summed E-state index contributed by atoms with van der Waals surface area (Å²) >= 11 is 0. The van der Waals surface area contributed by atoms with Crippen molar-refractivity contribution >= 4 is 12.6 Å². The van der Waals surface area contributed by atoms with Crippen molar-refractivity contribution in [2.75, 3.05) is 0 Å². The van der Waals surface area contributed by atoms with Gasteiger partial charge in [0.25, 0.3) is 0 Å². The number of rotatable bonds is 3. The topological polar surface area (TPSA) is 49.7 Å². The third-order valence-corrected chi connectivity index (χ3v) is 2.38. The second-order valence-corrected chi connectivity index (χ2v) is 3.86. The monoisotopic (exact) mass is 228 g/mol. The van der Waals surface area contributed by atoms with Crippen LogP contribution in [0, 0.1) is 6.92 Å². The van der Waals surface area contributed by atoms with E-state index in [4.69, 9.17) is 14.8 Å². The van der Waals surface area contributed by atoms with Gasteiger partial charge in [-0.3, -0.25) is 0 Å². The van der Waals surface area contributed by atoms with Gasteiger partial charge in [0.1, 0.15) is 11.5 Å². The van der Waals surface area contributed by atoms with Crippen LogP contribution in [0.25, 0.3) is 0 Å². The minimum absolute atomic E-state index is 0.412. The summed E-state index contributed by atoms with van der Waals surface area (Å²) in [4.78, 5) is 0. The summed E-state index contributed by atoms with van der Waals surface area (Å²) in [6.45, 7) is 1.99. The lowest BCUT2D eigenvalue weighted by molar-refractivity contribution is 0.425. The fourth-order valence-corrected chi connectivity index (χ4v) is 1.55. The van der Waals surface area contributed by atoms with E-state index in [-0.39, 0.29) is 0 Å². The van der Waals surface area contributed by atoms with Crippen LogP contribution in [-0.2, 0) is 0 Å². The normalized spacial score (nSPS) is 10.1. The van der Waals surface area contributed by atoms with Crippen LogP contribution in [0.5, 0.6) is 11.5 Å². The number of hydrogen-bond donors (Lipinski definition) is 2. The highest BCUT2D eigenvalue weighted by atomic mass is 16.5. The molecular weight excluding hydrogens is 215 g/mol. The Hall–Kier alpha value is -1.78. The van der Waals surface area contributed by atoms with E-state index in [9.17, 15) is 0 Å². The lowest BCUT2D eigenvalue weighted by atomic mass is 9.80. The molecule has 0 spiro atoms. The quantitative estimate of drug-likeness (QED) is 0.782. The summed E-state index contributed by atoms with van der Waals surface area (Å²) in [5, 5.41) is 18.1. The minimum Gasteiger partial charge on any atom is -0.457 e. The molecule has 2 N–H and O–H groups in total. The zero-order chi connectivity index (χ0) is 12.3. The highest BCUT2D eigenvalue weighted by molar-refractivity contribution is 6.58. The van der Waals surface area contributed by atoms with E-state index in [2.05, 4.69) is 0 Å². The van der Waals surface area contributed by atoms with Crippen LogP contribution in [0.1, 0.15) is 5.56 Å². The van der Waals surface area contributed by atoms with Crippen molar-refractivity contribution < 1.29 is 14.8 Å². The molecule has 0 fully saturated rings. The average Bonchev–Trinajstić information content (AvgIpc) is 2.29. The number of hydrogen-bond acceptors (Lipinski definition) is 3. The van der Waals surface area contributed by atoms with Gasteiger partial charge in [-0.25, -0.2) is 0 Å². The molecule has 0 bridgehead atoms. The van der Waals surface area contributed by atoms with Gasteiger partial charge in [-0.2, -0.15) is 0 Å². The average molecular weight is 228 g/mol. The van der Waals surface area contributed by atoms with Crippen molar-refractivity contribution in [2.45, 2.75) is 6.92 Å². The highest BCUT2D eigenvalue weighted by Crippen LogP contribution is 2.20. The summed E-state index contributed by atoms with van der Waals surface area (Å²) < 4.78 is 5.63. The molecule has 0 aliphatic rings. The molecule has 0 unspecified atom stereocenters. The highest BCUT2D eigenvalue weighted by Gasteiger charge is 2.11. The van der Waals surface area contributed by atoms with Gasteiger partial charge in [-0.05, 0) is 42.2 Å². The number of ether oxygens (including phenoxy) is 1. The van der Waals surface area contributed by atoms with Crippen LogP contribution < -0.4 is 10.2 Å². The predicted octanol–water partition coefficient (Wildman–Crippen LogP) is 1.47. The molecule has 3 nitrogen and oxygen atoms in total.